The Morgan fingerprint density at radius 3 is 2.43 bits per heavy atom. The van der Waals surface area contributed by atoms with Crippen molar-refractivity contribution in [3.05, 3.63) is 39.1 Å². The quantitative estimate of drug-likeness (QED) is 0.752. The largest absolute Gasteiger partial charge is 0.380 e. The second-order valence-corrected chi connectivity index (χ2v) is 5.75. The van der Waals surface area contributed by atoms with E-state index in [4.69, 9.17) is 4.74 Å². The summed E-state index contributed by atoms with van der Waals surface area (Å²) in [5.41, 5.74) is 3.26. The maximum Gasteiger partial charge on any atom is 0.161 e. The fourth-order valence-electron chi connectivity index (χ4n) is 2.06. The third kappa shape index (κ3) is 3.91. The molecule has 0 aliphatic heterocycles. The molecule has 4 nitrogen and oxygen atoms in total. The first kappa shape index (κ1) is 16.2. The molecule has 2 rings (SSSR count). The van der Waals surface area contributed by atoms with E-state index in [1.54, 1.807) is 7.11 Å². The van der Waals surface area contributed by atoms with Gasteiger partial charge in [0.05, 0.1) is 15.9 Å². The fraction of sp³-hybridized carbons (Fsp3) is 0.375. The van der Waals surface area contributed by atoms with E-state index < -0.39 is 0 Å². The summed E-state index contributed by atoms with van der Waals surface area (Å²) in [4.78, 5) is 9.35. The Kier molecular flexibility index (Phi) is 5.93. The number of rotatable bonds is 6. The van der Waals surface area contributed by atoms with E-state index in [0.717, 1.165) is 45.0 Å². The topological polar surface area (TPSA) is 47.0 Å². The van der Waals surface area contributed by atoms with Gasteiger partial charge in [-0.3, -0.25) is 0 Å². The lowest BCUT2D eigenvalue weighted by Crippen LogP contribution is -2.07. The highest BCUT2D eigenvalue weighted by atomic mass is 127. The maximum atomic E-state index is 5.13. The zero-order valence-electron chi connectivity index (χ0n) is 12.6. The van der Waals surface area contributed by atoms with Gasteiger partial charge in [-0.15, -0.1) is 0 Å². The maximum absolute atomic E-state index is 5.13. The van der Waals surface area contributed by atoms with Gasteiger partial charge in [-0.25, -0.2) is 9.97 Å². The number of aryl methyl sites for hydroxylation is 1. The van der Waals surface area contributed by atoms with Crippen LogP contribution in [-0.4, -0.2) is 23.6 Å². The second kappa shape index (κ2) is 7.70. The van der Waals surface area contributed by atoms with Crippen LogP contribution in [0.3, 0.4) is 0 Å². The van der Waals surface area contributed by atoms with Gasteiger partial charge in [0.25, 0.3) is 0 Å². The molecule has 0 aliphatic carbocycles. The van der Waals surface area contributed by atoms with Crippen molar-refractivity contribution in [2.24, 2.45) is 0 Å². The molecule has 0 atom stereocenters. The summed E-state index contributed by atoms with van der Waals surface area (Å²) < 4.78 is 6.24. The van der Waals surface area contributed by atoms with Crippen LogP contribution in [0.5, 0.6) is 0 Å². The molecule has 0 amide bonds. The lowest BCUT2D eigenvalue weighted by Gasteiger charge is -2.11. The molecule has 0 spiro atoms. The highest BCUT2D eigenvalue weighted by Crippen LogP contribution is 2.24. The molecule has 1 aromatic heterocycles. The van der Waals surface area contributed by atoms with Crippen LogP contribution in [0.15, 0.2) is 24.3 Å². The lowest BCUT2D eigenvalue weighted by atomic mass is 10.1. The zero-order valence-corrected chi connectivity index (χ0v) is 14.8. The van der Waals surface area contributed by atoms with Crippen LogP contribution in [0, 0.1) is 3.57 Å². The van der Waals surface area contributed by atoms with Gasteiger partial charge in [-0.2, -0.15) is 0 Å². The molecule has 5 heteroatoms. The van der Waals surface area contributed by atoms with Crippen LogP contribution in [0.25, 0.3) is 11.4 Å². The Morgan fingerprint density at radius 2 is 1.86 bits per heavy atom. The van der Waals surface area contributed by atoms with Gasteiger partial charge < -0.3 is 10.1 Å². The number of nitrogens with zero attached hydrogens (tertiary/aromatic N) is 2. The fourth-order valence-corrected chi connectivity index (χ4v) is 2.87. The number of methoxy groups -OCH3 is 1. The number of nitrogens with one attached hydrogen (secondary N) is 1. The molecule has 0 radical (unpaired) electrons. The predicted octanol–water partition coefficient (Wildman–Crippen LogP) is 3.89. The molecule has 0 saturated heterocycles. The summed E-state index contributed by atoms with van der Waals surface area (Å²) in [5, 5.41) is 3.31. The van der Waals surface area contributed by atoms with E-state index in [1.807, 2.05) is 12.1 Å². The first-order chi connectivity index (χ1) is 10.2. The molecular formula is C16H20IN3O. The minimum absolute atomic E-state index is 0.622. The molecule has 112 valence electrons. The van der Waals surface area contributed by atoms with Gasteiger partial charge in [0.1, 0.15) is 5.82 Å². The van der Waals surface area contributed by atoms with Crippen LogP contribution in [0.2, 0.25) is 0 Å². The van der Waals surface area contributed by atoms with Crippen LogP contribution in [0.4, 0.5) is 5.82 Å². The number of aromatic nitrogens is 2. The molecule has 0 saturated carbocycles. The summed E-state index contributed by atoms with van der Waals surface area (Å²) in [5.74, 6) is 1.69. The van der Waals surface area contributed by atoms with Crippen LogP contribution in [0.1, 0.15) is 25.1 Å². The number of ether oxygens (including phenoxy) is 1. The predicted molar refractivity (Wildman–Crippen MR) is 94.4 cm³/mol. The highest BCUT2D eigenvalue weighted by molar-refractivity contribution is 14.1. The Bertz CT molecular complexity index is 599. The lowest BCUT2D eigenvalue weighted by molar-refractivity contribution is 0.185. The highest BCUT2D eigenvalue weighted by Gasteiger charge is 2.11. The number of halogens is 1. The Labute approximate surface area is 139 Å². The molecule has 1 N–H and O–H groups in total. The van der Waals surface area contributed by atoms with Crippen molar-refractivity contribution in [1.29, 1.82) is 0 Å². The van der Waals surface area contributed by atoms with E-state index in [2.05, 4.69) is 63.9 Å². The molecule has 1 aromatic carbocycles. The number of hydrogen-bond acceptors (Lipinski definition) is 4. The van der Waals surface area contributed by atoms with E-state index in [1.165, 1.54) is 0 Å². The van der Waals surface area contributed by atoms with Crippen molar-refractivity contribution < 1.29 is 4.74 Å². The summed E-state index contributed by atoms with van der Waals surface area (Å²) in [6.45, 7) is 5.66. The van der Waals surface area contributed by atoms with Gasteiger partial charge >= 0.3 is 0 Å². The smallest absolute Gasteiger partial charge is 0.161 e. The first-order valence-corrected chi connectivity index (χ1v) is 8.16. The Balaban J connectivity index is 2.40. The van der Waals surface area contributed by atoms with Crippen molar-refractivity contribution >= 4 is 28.4 Å². The minimum atomic E-state index is 0.622. The Morgan fingerprint density at radius 1 is 1.14 bits per heavy atom. The van der Waals surface area contributed by atoms with E-state index in [0.29, 0.717) is 6.61 Å². The van der Waals surface area contributed by atoms with Gasteiger partial charge in [-0.1, -0.05) is 31.2 Å². The summed E-state index contributed by atoms with van der Waals surface area (Å²) >= 11 is 2.31. The van der Waals surface area contributed by atoms with Gasteiger partial charge in [-0.05, 0) is 41.5 Å². The zero-order chi connectivity index (χ0) is 15.2. The summed E-state index contributed by atoms with van der Waals surface area (Å²) in [7, 11) is 1.70. The molecule has 1 heterocycles. The van der Waals surface area contributed by atoms with E-state index in [9.17, 15) is 0 Å². The van der Waals surface area contributed by atoms with Crippen LogP contribution >= 0.6 is 22.6 Å². The van der Waals surface area contributed by atoms with Gasteiger partial charge in [0.2, 0.25) is 0 Å². The van der Waals surface area contributed by atoms with Crippen LogP contribution < -0.4 is 5.32 Å². The normalized spacial score (nSPS) is 10.7. The van der Waals surface area contributed by atoms with Crippen molar-refractivity contribution in [3.8, 4) is 11.4 Å². The average Bonchev–Trinajstić information content (AvgIpc) is 2.51. The average molecular weight is 397 g/mol. The summed E-state index contributed by atoms with van der Waals surface area (Å²) in [6.07, 6.45) is 0.897. The molecule has 0 bridgehead atoms. The monoisotopic (exact) mass is 397 g/mol. The first-order valence-electron chi connectivity index (χ1n) is 7.08. The van der Waals surface area contributed by atoms with Crippen molar-refractivity contribution in [2.45, 2.75) is 26.9 Å². The third-order valence-corrected chi connectivity index (χ3v) is 4.26. The standard InChI is InChI=1S/C16H20IN3O/c1-4-13-14(17)16(18-5-2)20-15(19-13)12-8-6-11(7-9-12)10-21-3/h6-9H,4-5,10H2,1-3H3,(H,18,19,20). The van der Waals surface area contributed by atoms with Crippen LogP contribution in [-0.2, 0) is 17.8 Å². The minimum Gasteiger partial charge on any atom is -0.380 e. The SMILES string of the molecule is CCNc1nc(-c2ccc(COC)cc2)nc(CC)c1I. The molecule has 2 aromatic rings. The Hall–Kier alpha value is -1.21. The van der Waals surface area contributed by atoms with Crippen molar-refractivity contribution in [2.75, 3.05) is 19.0 Å². The van der Waals surface area contributed by atoms with E-state index >= 15 is 0 Å². The number of anilines is 1. The number of hydrogen-bond donors (Lipinski definition) is 1. The van der Waals surface area contributed by atoms with Gasteiger partial charge in [0.15, 0.2) is 5.82 Å². The van der Waals surface area contributed by atoms with Crippen molar-refractivity contribution in [3.63, 3.8) is 0 Å². The molecule has 21 heavy (non-hydrogen) atoms. The molecule has 0 aliphatic rings. The molecular weight excluding hydrogens is 377 g/mol. The number of benzene rings is 1. The third-order valence-electron chi connectivity index (χ3n) is 3.12. The van der Waals surface area contributed by atoms with Crippen molar-refractivity contribution in [1.82, 2.24) is 9.97 Å². The molecule has 0 unspecified atom stereocenters. The second-order valence-electron chi connectivity index (χ2n) is 4.67. The van der Waals surface area contributed by atoms with E-state index in [-0.39, 0.29) is 0 Å². The summed E-state index contributed by atoms with van der Waals surface area (Å²) in [6, 6.07) is 8.20. The van der Waals surface area contributed by atoms with Gasteiger partial charge in [0, 0.05) is 19.2 Å². The molecule has 0 fully saturated rings.